The maximum atomic E-state index is 5.62. The van der Waals surface area contributed by atoms with Crippen molar-refractivity contribution >= 4 is 11.5 Å². The normalized spacial score (nSPS) is 14.4. The van der Waals surface area contributed by atoms with E-state index in [1.54, 1.807) is 12.4 Å². The van der Waals surface area contributed by atoms with Crippen molar-refractivity contribution in [1.29, 1.82) is 0 Å². The molecule has 0 fully saturated rings. The van der Waals surface area contributed by atoms with Crippen LogP contribution < -0.4 is 10.6 Å². The molecular weight excluding hydrogens is 224 g/mol. The molecular formula is C14H16N4. The zero-order valence-corrected chi connectivity index (χ0v) is 10.2. The first-order valence-electron chi connectivity index (χ1n) is 6.25. The number of anilines is 2. The molecule has 92 valence electrons. The van der Waals surface area contributed by atoms with Crippen molar-refractivity contribution in [2.24, 2.45) is 5.73 Å². The molecule has 2 N–H and O–H groups in total. The lowest BCUT2D eigenvalue weighted by Gasteiger charge is -2.30. The van der Waals surface area contributed by atoms with E-state index in [2.05, 4.69) is 39.1 Å². The van der Waals surface area contributed by atoms with Crippen molar-refractivity contribution in [3.05, 3.63) is 47.9 Å². The van der Waals surface area contributed by atoms with Gasteiger partial charge in [0.15, 0.2) is 5.82 Å². The van der Waals surface area contributed by atoms with Crippen LogP contribution in [0.15, 0.2) is 36.7 Å². The molecule has 0 aliphatic carbocycles. The van der Waals surface area contributed by atoms with Crippen molar-refractivity contribution in [2.75, 3.05) is 11.4 Å². The molecule has 4 heteroatoms. The van der Waals surface area contributed by atoms with Gasteiger partial charge in [0.1, 0.15) is 0 Å². The Morgan fingerprint density at radius 3 is 3.00 bits per heavy atom. The van der Waals surface area contributed by atoms with E-state index in [0.717, 1.165) is 30.9 Å². The third-order valence-corrected chi connectivity index (χ3v) is 3.27. The van der Waals surface area contributed by atoms with Gasteiger partial charge in [-0.25, -0.2) is 4.98 Å². The molecule has 1 aromatic carbocycles. The summed E-state index contributed by atoms with van der Waals surface area (Å²) in [6.45, 7) is 1.41. The second-order valence-electron chi connectivity index (χ2n) is 4.46. The average Bonchev–Trinajstić information content (AvgIpc) is 2.47. The number of hydrogen-bond donors (Lipinski definition) is 1. The standard InChI is InChI=1S/C14H16N4/c15-8-12-9-16-10-14(17-12)18-7-3-5-11-4-1-2-6-13(11)18/h1-2,4,6,9-10H,3,5,7-8,15H2. The highest BCUT2D eigenvalue weighted by molar-refractivity contribution is 5.64. The van der Waals surface area contributed by atoms with Gasteiger partial charge in [0.05, 0.1) is 11.9 Å². The van der Waals surface area contributed by atoms with E-state index in [0.29, 0.717) is 6.54 Å². The maximum Gasteiger partial charge on any atom is 0.151 e. The van der Waals surface area contributed by atoms with Crippen LogP contribution in [0.3, 0.4) is 0 Å². The fourth-order valence-corrected chi connectivity index (χ4v) is 2.39. The summed E-state index contributed by atoms with van der Waals surface area (Å²) in [5.74, 6) is 0.894. The van der Waals surface area contributed by atoms with Crippen LogP contribution in [0.4, 0.5) is 11.5 Å². The first-order valence-corrected chi connectivity index (χ1v) is 6.25. The van der Waals surface area contributed by atoms with Gasteiger partial charge < -0.3 is 10.6 Å². The van der Waals surface area contributed by atoms with Crippen molar-refractivity contribution in [1.82, 2.24) is 9.97 Å². The van der Waals surface area contributed by atoms with Crippen LogP contribution in [0.1, 0.15) is 17.7 Å². The first-order chi connectivity index (χ1) is 8.88. The van der Waals surface area contributed by atoms with Gasteiger partial charge in [-0.1, -0.05) is 18.2 Å². The highest BCUT2D eigenvalue weighted by Gasteiger charge is 2.18. The molecule has 1 aromatic heterocycles. The van der Waals surface area contributed by atoms with E-state index in [1.807, 2.05) is 0 Å². The van der Waals surface area contributed by atoms with E-state index < -0.39 is 0 Å². The summed E-state index contributed by atoms with van der Waals surface area (Å²) in [6, 6.07) is 8.48. The van der Waals surface area contributed by atoms with Gasteiger partial charge in [-0.3, -0.25) is 4.98 Å². The highest BCUT2D eigenvalue weighted by atomic mass is 15.2. The summed E-state index contributed by atoms with van der Waals surface area (Å²) < 4.78 is 0. The van der Waals surface area contributed by atoms with Gasteiger partial charge in [0, 0.05) is 25.0 Å². The van der Waals surface area contributed by atoms with Crippen LogP contribution in [0, 0.1) is 0 Å². The average molecular weight is 240 g/mol. The van der Waals surface area contributed by atoms with Crippen LogP contribution in [0.25, 0.3) is 0 Å². The number of nitrogens with zero attached hydrogens (tertiary/aromatic N) is 3. The molecule has 1 aliphatic heterocycles. The van der Waals surface area contributed by atoms with Crippen molar-refractivity contribution in [3.63, 3.8) is 0 Å². The van der Waals surface area contributed by atoms with E-state index in [4.69, 9.17) is 5.73 Å². The summed E-state index contributed by atoms with van der Waals surface area (Å²) in [4.78, 5) is 11.0. The Bertz CT molecular complexity index is 553. The predicted octanol–water partition coefficient (Wildman–Crippen LogP) is 2.02. The Morgan fingerprint density at radius 1 is 1.22 bits per heavy atom. The minimum Gasteiger partial charge on any atom is -0.325 e. The first kappa shape index (κ1) is 11.2. The van der Waals surface area contributed by atoms with E-state index in [9.17, 15) is 0 Å². The van der Waals surface area contributed by atoms with Gasteiger partial charge >= 0.3 is 0 Å². The molecule has 0 amide bonds. The molecule has 2 heterocycles. The largest absolute Gasteiger partial charge is 0.325 e. The van der Waals surface area contributed by atoms with Crippen molar-refractivity contribution in [3.8, 4) is 0 Å². The number of aromatic nitrogens is 2. The van der Waals surface area contributed by atoms with Gasteiger partial charge in [-0.2, -0.15) is 0 Å². The maximum absolute atomic E-state index is 5.62. The fourth-order valence-electron chi connectivity index (χ4n) is 2.39. The minimum atomic E-state index is 0.427. The number of para-hydroxylation sites is 1. The molecule has 18 heavy (non-hydrogen) atoms. The highest BCUT2D eigenvalue weighted by Crippen LogP contribution is 2.31. The molecule has 4 nitrogen and oxygen atoms in total. The van der Waals surface area contributed by atoms with Gasteiger partial charge in [0.25, 0.3) is 0 Å². The lowest BCUT2D eigenvalue weighted by molar-refractivity contribution is 0.754. The second-order valence-corrected chi connectivity index (χ2v) is 4.46. The van der Waals surface area contributed by atoms with Crippen LogP contribution >= 0.6 is 0 Å². The summed E-state index contributed by atoms with van der Waals surface area (Å²) in [5.41, 5.74) is 9.07. The molecule has 2 aromatic rings. The quantitative estimate of drug-likeness (QED) is 0.872. The minimum absolute atomic E-state index is 0.427. The summed E-state index contributed by atoms with van der Waals surface area (Å²) in [5, 5.41) is 0. The molecule has 0 unspecified atom stereocenters. The number of nitrogens with two attached hydrogens (primary N) is 1. The third kappa shape index (κ3) is 1.95. The molecule has 0 bridgehead atoms. The zero-order valence-electron chi connectivity index (χ0n) is 10.2. The van der Waals surface area contributed by atoms with Crippen LogP contribution in [0.5, 0.6) is 0 Å². The van der Waals surface area contributed by atoms with Gasteiger partial charge in [-0.15, -0.1) is 0 Å². The van der Waals surface area contributed by atoms with E-state index >= 15 is 0 Å². The molecule has 0 saturated heterocycles. The fraction of sp³-hybridized carbons (Fsp3) is 0.286. The van der Waals surface area contributed by atoms with Crippen molar-refractivity contribution < 1.29 is 0 Å². The SMILES string of the molecule is NCc1cncc(N2CCCc3ccccc32)n1. The monoisotopic (exact) mass is 240 g/mol. The Labute approximate surface area is 106 Å². The lowest BCUT2D eigenvalue weighted by atomic mass is 10.0. The summed E-state index contributed by atoms with van der Waals surface area (Å²) >= 11 is 0. The summed E-state index contributed by atoms with van der Waals surface area (Å²) in [6.07, 6.45) is 5.81. The lowest BCUT2D eigenvalue weighted by Crippen LogP contribution is -2.25. The predicted molar refractivity (Wildman–Crippen MR) is 71.7 cm³/mol. The molecule has 0 atom stereocenters. The number of rotatable bonds is 2. The van der Waals surface area contributed by atoms with Crippen LogP contribution in [-0.4, -0.2) is 16.5 Å². The Hall–Kier alpha value is -1.94. The third-order valence-electron chi connectivity index (χ3n) is 3.27. The summed E-state index contributed by atoms with van der Waals surface area (Å²) in [7, 11) is 0. The molecule has 3 rings (SSSR count). The topological polar surface area (TPSA) is 55.0 Å². The molecule has 0 radical (unpaired) electrons. The number of aryl methyl sites for hydroxylation is 1. The Kier molecular flexibility index (Phi) is 2.94. The number of benzene rings is 1. The Balaban J connectivity index is 2.02. The zero-order chi connectivity index (χ0) is 12.4. The van der Waals surface area contributed by atoms with Crippen LogP contribution in [-0.2, 0) is 13.0 Å². The van der Waals surface area contributed by atoms with E-state index in [-0.39, 0.29) is 0 Å². The molecule has 1 aliphatic rings. The van der Waals surface area contributed by atoms with E-state index in [1.165, 1.54) is 11.3 Å². The smallest absolute Gasteiger partial charge is 0.151 e. The second kappa shape index (κ2) is 4.74. The molecule has 0 spiro atoms. The molecule has 0 saturated carbocycles. The van der Waals surface area contributed by atoms with Crippen LogP contribution in [0.2, 0.25) is 0 Å². The van der Waals surface area contributed by atoms with Gasteiger partial charge in [-0.05, 0) is 24.5 Å². The van der Waals surface area contributed by atoms with Crippen molar-refractivity contribution in [2.45, 2.75) is 19.4 Å². The Morgan fingerprint density at radius 2 is 2.11 bits per heavy atom. The number of fused-ring (bicyclic) bond motifs is 1. The number of hydrogen-bond acceptors (Lipinski definition) is 4. The van der Waals surface area contributed by atoms with Gasteiger partial charge in [0.2, 0.25) is 0 Å².